The van der Waals surface area contributed by atoms with Crippen molar-refractivity contribution < 1.29 is 44.9 Å². The molecule has 0 aliphatic rings. The van der Waals surface area contributed by atoms with Gasteiger partial charge in [0.2, 0.25) is 0 Å². The van der Waals surface area contributed by atoms with Crippen molar-refractivity contribution in [3.8, 4) is 22.6 Å². The van der Waals surface area contributed by atoms with Crippen molar-refractivity contribution in [1.82, 2.24) is 10.3 Å². The van der Waals surface area contributed by atoms with Gasteiger partial charge in [-0.25, -0.2) is 26.4 Å². The molecule has 0 saturated carbocycles. The molecule has 2 aromatic heterocycles. The van der Waals surface area contributed by atoms with E-state index >= 15 is 0 Å². The number of carbonyl (C=O) groups is 2. The van der Waals surface area contributed by atoms with Crippen LogP contribution in [0.5, 0.6) is 0 Å². The predicted octanol–water partition coefficient (Wildman–Crippen LogP) is 5.73. The molecule has 0 unspecified atom stereocenters. The van der Waals surface area contributed by atoms with Crippen molar-refractivity contribution in [2.45, 2.75) is 51.3 Å². The predicted molar refractivity (Wildman–Crippen MR) is 166 cm³/mol. The minimum atomic E-state index is -3.65. The molecular formula is C30H33ClN2O10S2. The van der Waals surface area contributed by atoms with Crippen LogP contribution in [0.3, 0.4) is 0 Å². The van der Waals surface area contributed by atoms with Crippen molar-refractivity contribution in [2.24, 2.45) is 0 Å². The molecule has 45 heavy (non-hydrogen) atoms. The van der Waals surface area contributed by atoms with E-state index in [1.54, 1.807) is 53.7 Å². The van der Waals surface area contributed by atoms with Crippen LogP contribution in [-0.2, 0) is 29.1 Å². The highest BCUT2D eigenvalue weighted by molar-refractivity contribution is 7.91. The molecule has 0 spiro atoms. The SMILES string of the molecule is CCOC(=O)c1cc(Cl)c(S(C)(=O)=O)c(-c2cc(C)no2)c1C.CCOC(=O)c1ccc(S(C)(=O)=O)c(-c2cc(C)no2)c1C. The van der Waals surface area contributed by atoms with Crippen molar-refractivity contribution in [2.75, 3.05) is 25.7 Å². The molecule has 4 rings (SSSR count). The molecule has 0 bridgehead atoms. The molecule has 12 nitrogen and oxygen atoms in total. The molecule has 2 heterocycles. The van der Waals surface area contributed by atoms with Crippen molar-refractivity contribution in [3.63, 3.8) is 0 Å². The Balaban J connectivity index is 0.000000246. The van der Waals surface area contributed by atoms with Crippen LogP contribution in [-0.4, -0.2) is 64.8 Å². The zero-order valence-corrected chi connectivity index (χ0v) is 28.4. The first-order valence-corrected chi connectivity index (χ1v) is 17.7. The second-order valence-electron chi connectivity index (χ2n) is 10.00. The van der Waals surface area contributed by atoms with Gasteiger partial charge in [-0.3, -0.25) is 0 Å². The van der Waals surface area contributed by atoms with Gasteiger partial charge in [-0.05, 0) is 70.9 Å². The fourth-order valence-corrected chi connectivity index (χ4v) is 7.10. The number of carbonyl (C=O) groups excluding carboxylic acids is 2. The number of hydrogen-bond donors (Lipinski definition) is 0. The van der Waals surface area contributed by atoms with Gasteiger partial charge in [-0.15, -0.1) is 0 Å². The van der Waals surface area contributed by atoms with Gasteiger partial charge in [0.25, 0.3) is 0 Å². The minimum Gasteiger partial charge on any atom is -0.462 e. The Kier molecular flexibility index (Phi) is 11.0. The highest BCUT2D eigenvalue weighted by Crippen LogP contribution is 2.38. The zero-order valence-electron chi connectivity index (χ0n) is 26.0. The number of benzene rings is 2. The number of aryl methyl sites for hydroxylation is 2. The second-order valence-corrected chi connectivity index (χ2v) is 14.3. The summed E-state index contributed by atoms with van der Waals surface area (Å²) in [4.78, 5) is 24.1. The summed E-state index contributed by atoms with van der Waals surface area (Å²) in [6, 6.07) is 7.37. The Morgan fingerprint density at radius 3 is 1.62 bits per heavy atom. The lowest BCUT2D eigenvalue weighted by atomic mass is 10.00. The summed E-state index contributed by atoms with van der Waals surface area (Å²) in [5.74, 6) is -0.544. The van der Waals surface area contributed by atoms with Crippen LogP contribution in [0.1, 0.15) is 57.1 Å². The third-order valence-corrected chi connectivity index (χ3v) is 9.15. The summed E-state index contributed by atoms with van der Waals surface area (Å²) in [5.41, 5.74) is 3.15. The number of sulfone groups is 2. The van der Waals surface area contributed by atoms with Crippen LogP contribution in [0.4, 0.5) is 0 Å². The first-order chi connectivity index (χ1) is 20.9. The average Bonchev–Trinajstić information content (AvgIpc) is 3.56. The molecule has 15 heteroatoms. The first kappa shape index (κ1) is 35.5. The molecule has 0 N–H and O–H groups in total. The van der Waals surface area contributed by atoms with E-state index in [1.165, 1.54) is 18.2 Å². The monoisotopic (exact) mass is 680 g/mol. The van der Waals surface area contributed by atoms with E-state index in [-0.39, 0.29) is 44.9 Å². The van der Waals surface area contributed by atoms with Crippen LogP contribution in [0.15, 0.2) is 49.2 Å². The summed E-state index contributed by atoms with van der Waals surface area (Å²) in [6.45, 7) is 10.5. The number of nitrogens with zero attached hydrogens (tertiary/aromatic N) is 2. The quantitative estimate of drug-likeness (QED) is 0.207. The van der Waals surface area contributed by atoms with Gasteiger partial charge in [0, 0.05) is 35.8 Å². The number of ether oxygens (including phenoxy) is 2. The summed E-state index contributed by atoms with van der Waals surface area (Å²) in [6.07, 6.45) is 2.16. The van der Waals surface area contributed by atoms with Crippen LogP contribution in [0.25, 0.3) is 22.6 Å². The maximum Gasteiger partial charge on any atom is 0.338 e. The number of halogens is 1. The Hall–Kier alpha value is -4.01. The van der Waals surface area contributed by atoms with E-state index in [9.17, 15) is 26.4 Å². The number of hydrogen-bond acceptors (Lipinski definition) is 12. The molecule has 0 fully saturated rings. The summed E-state index contributed by atoms with van der Waals surface area (Å²) < 4.78 is 68.7. The van der Waals surface area contributed by atoms with Gasteiger partial charge in [0.05, 0.1) is 50.5 Å². The molecule has 242 valence electrons. The number of rotatable bonds is 8. The number of aromatic nitrogens is 2. The molecule has 0 aliphatic heterocycles. The third kappa shape index (κ3) is 7.99. The molecule has 2 aromatic carbocycles. The van der Waals surface area contributed by atoms with Crippen LogP contribution < -0.4 is 0 Å². The highest BCUT2D eigenvalue weighted by atomic mass is 35.5. The Morgan fingerprint density at radius 1 is 0.733 bits per heavy atom. The van der Waals surface area contributed by atoms with Crippen LogP contribution in [0.2, 0.25) is 5.02 Å². The molecular weight excluding hydrogens is 648 g/mol. The van der Waals surface area contributed by atoms with Gasteiger partial charge < -0.3 is 18.5 Å². The Bertz CT molecular complexity index is 1980. The molecule has 0 atom stereocenters. The van der Waals surface area contributed by atoms with Gasteiger partial charge in [0.15, 0.2) is 31.2 Å². The standard InChI is InChI=1S/C15H16ClNO5S.C15H17NO5S/c1-5-21-15(18)10-7-11(16)14(23(4,19)20)13(9(10)3)12-6-8(2)17-22-12;1-5-20-15(17)11-6-7-13(22(4,18)19)14(10(11)3)12-8-9(2)16-21-12/h6-7H,5H2,1-4H3;6-8H,5H2,1-4H3. The van der Waals surface area contributed by atoms with Gasteiger partial charge >= 0.3 is 11.9 Å². The van der Waals surface area contributed by atoms with E-state index in [2.05, 4.69) is 10.3 Å². The van der Waals surface area contributed by atoms with E-state index in [0.717, 1.165) is 12.5 Å². The van der Waals surface area contributed by atoms with E-state index < -0.39 is 31.6 Å². The Morgan fingerprint density at radius 2 is 1.20 bits per heavy atom. The van der Waals surface area contributed by atoms with E-state index in [0.29, 0.717) is 39.4 Å². The molecule has 0 saturated heterocycles. The van der Waals surface area contributed by atoms with E-state index in [4.69, 9.17) is 30.1 Å². The smallest absolute Gasteiger partial charge is 0.338 e. The summed E-state index contributed by atoms with van der Waals surface area (Å²) in [7, 11) is -7.14. The van der Waals surface area contributed by atoms with Crippen LogP contribution in [0, 0.1) is 27.7 Å². The molecule has 0 aliphatic carbocycles. The fourth-order valence-electron chi connectivity index (χ4n) is 4.50. The Labute approximate surface area is 266 Å². The number of esters is 2. The molecule has 0 amide bonds. The van der Waals surface area contributed by atoms with Crippen molar-refractivity contribution in [1.29, 1.82) is 0 Å². The lowest BCUT2D eigenvalue weighted by Crippen LogP contribution is -2.11. The normalized spacial score (nSPS) is 11.5. The maximum atomic E-state index is 12.2. The van der Waals surface area contributed by atoms with Crippen LogP contribution >= 0.6 is 11.6 Å². The lowest BCUT2D eigenvalue weighted by molar-refractivity contribution is 0.0515. The highest BCUT2D eigenvalue weighted by Gasteiger charge is 2.28. The lowest BCUT2D eigenvalue weighted by Gasteiger charge is -2.14. The maximum absolute atomic E-state index is 12.2. The minimum absolute atomic E-state index is 0.0646. The molecule has 0 radical (unpaired) electrons. The average molecular weight is 681 g/mol. The molecule has 4 aromatic rings. The topological polar surface area (TPSA) is 173 Å². The fraction of sp³-hybridized carbons (Fsp3) is 0.333. The first-order valence-electron chi connectivity index (χ1n) is 13.5. The largest absolute Gasteiger partial charge is 0.462 e. The van der Waals surface area contributed by atoms with Gasteiger partial charge in [-0.1, -0.05) is 21.9 Å². The third-order valence-electron chi connectivity index (χ3n) is 6.43. The van der Waals surface area contributed by atoms with Crippen molar-refractivity contribution >= 4 is 43.2 Å². The summed E-state index contributed by atoms with van der Waals surface area (Å²) >= 11 is 6.14. The second kappa shape index (κ2) is 14.0. The van der Waals surface area contributed by atoms with Crippen molar-refractivity contribution in [3.05, 3.63) is 69.0 Å². The van der Waals surface area contributed by atoms with Gasteiger partial charge in [-0.2, -0.15) is 0 Å². The van der Waals surface area contributed by atoms with E-state index in [1.807, 2.05) is 0 Å². The van der Waals surface area contributed by atoms with Gasteiger partial charge in [0.1, 0.15) is 0 Å². The summed E-state index contributed by atoms with van der Waals surface area (Å²) in [5, 5.41) is 7.49. The zero-order chi connectivity index (χ0) is 33.9.